The zero-order valence-electron chi connectivity index (χ0n) is 24.1. The third-order valence-electron chi connectivity index (χ3n) is 8.94. The molecular weight excluding hydrogens is 585 g/mol. The van der Waals surface area contributed by atoms with Gasteiger partial charge in [0.25, 0.3) is 10.0 Å². The predicted octanol–water partition coefficient (Wildman–Crippen LogP) is 4.88. The highest BCUT2D eigenvalue weighted by atomic mass is 32.2. The number of carboxylic acids is 1. The van der Waals surface area contributed by atoms with Crippen molar-refractivity contribution >= 4 is 32.8 Å². The number of aliphatic carboxylic acids is 1. The Morgan fingerprint density at radius 3 is 2.43 bits per heavy atom. The molecule has 13 heteroatoms. The van der Waals surface area contributed by atoms with Gasteiger partial charge in [-0.15, -0.1) is 0 Å². The van der Waals surface area contributed by atoms with Crippen molar-refractivity contribution in [1.82, 2.24) is 28.7 Å². The molecule has 0 spiro atoms. The molecule has 2 N–H and O–H groups in total. The Bertz CT molecular complexity index is 2010. The number of anilines is 1. The summed E-state index contributed by atoms with van der Waals surface area (Å²) in [6.07, 6.45) is 9.42. The topological polar surface area (TPSA) is 145 Å². The van der Waals surface area contributed by atoms with Crippen molar-refractivity contribution in [1.29, 1.82) is 0 Å². The molecule has 3 fully saturated rings. The number of carbonyl (C=O) groups is 1. The number of carboxylic acid groups (broad SMARTS) is 1. The quantitative estimate of drug-likeness (QED) is 0.262. The highest BCUT2D eigenvalue weighted by Gasteiger charge is 2.47. The van der Waals surface area contributed by atoms with Crippen LogP contribution in [0, 0.1) is 30.5 Å². The lowest BCUT2D eigenvalue weighted by Gasteiger charge is -2.47. The number of fused-ring (bicyclic) bond motifs is 4. The van der Waals surface area contributed by atoms with Gasteiger partial charge in [-0.1, -0.05) is 17.7 Å². The first-order valence-electron chi connectivity index (χ1n) is 14.4. The minimum atomic E-state index is -4.11. The molecule has 8 rings (SSSR count). The van der Waals surface area contributed by atoms with Crippen molar-refractivity contribution in [3.8, 4) is 22.6 Å². The number of aromatic nitrogens is 6. The summed E-state index contributed by atoms with van der Waals surface area (Å²) in [6, 6.07) is 9.05. The van der Waals surface area contributed by atoms with E-state index in [2.05, 4.69) is 15.4 Å². The number of nitrogens with zero attached hydrogens (tertiary/aromatic N) is 6. The summed E-state index contributed by atoms with van der Waals surface area (Å²) in [5.41, 5.74) is 2.36. The van der Waals surface area contributed by atoms with E-state index in [0.717, 1.165) is 41.4 Å². The van der Waals surface area contributed by atoms with Crippen LogP contribution in [-0.2, 0) is 21.9 Å². The Kier molecular flexibility index (Phi) is 6.72. The predicted molar refractivity (Wildman–Crippen MR) is 161 cm³/mol. The number of hydrogen-bond donors (Lipinski definition) is 2. The van der Waals surface area contributed by atoms with Gasteiger partial charge in [-0.05, 0) is 62.6 Å². The first-order valence-corrected chi connectivity index (χ1v) is 15.9. The first-order chi connectivity index (χ1) is 21.1. The maximum absolute atomic E-state index is 14.6. The standard InChI is InChI=1S/C31H30FN7O4S/c1-17-3-9-22(10-4-17)44(42,43)39-16-24(23-11-21(32)14-33-30(23)39)29-35-25(20-13-34-38(2)15-20)12-26(37-29)36-28-19-7-5-18(6-8-19)27(28)31(40)41/h3-4,9-16,18-19,27-28H,5-8H2,1-2H3,(H,40,41)(H,35,36,37). The fourth-order valence-electron chi connectivity index (χ4n) is 6.77. The van der Waals surface area contributed by atoms with Gasteiger partial charge in [0.1, 0.15) is 11.6 Å². The van der Waals surface area contributed by atoms with E-state index < -0.39 is 27.7 Å². The summed E-state index contributed by atoms with van der Waals surface area (Å²) in [5, 5.41) is 18.0. The monoisotopic (exact) mass is 615 g/mol. The molecule has 226 valence electrons. The second-order valence-corrected chi connectivity index (χ2v) is 13.6. The number of hydrogen-bond acceptors (Lipinski definition) is 8. The summed E-state index contributed by atoms with van der Waals surface area (Å²) in [7, 11) is -2.34. The van der Waals surface area contributed by atoms with Gasteiger partial charge >= 0.3 is 5.97 Å². The summed E-state index contributed by atoms with van der Waals surface area (Å²) < 4.78 is 44.8. The van der Waals surface area contributed by atoms with Crippen LogP contribution in [0.4, 0.5) is 10.2 Å². The lowest BCUT2D eigenvalue weighted by molar-refractivity contribution is -0.148. The summed E-state index contributed by atoms with van der Waals surface area (Å²) in [6.45, 7) is 1.86. The van der Waals surface area contributed by atoms with Gasteiger partial charge < -0.3 is 10.4 Å². The Hall–Kier alpha value is -4.65. The van der Waals surface area contributed by atoms with Crippen LogP contribution in [0.5, 0.6) is 0 Å². The first kappa shape index (κ1) is 28.1. The SMILES string of the molecule is Cc1ccc(S(=O)(=O)n2cc(-c3nc(NC4C5CCC(CC5)C4C(=O)O)cc(-c4cnn(C)c4)n3)c3cc(F)cnc32)cc1. The van der Waals surface area contributed by atoms with E-state index in [9.17, 15) is 22.7 Å². The van der Waals surface area contributed by atoms with E-state index in [1.54, 1.807) is 42.3 Å². The summed E-state index contributed by atoms with van der Waals surface area (Å²) >= 11 is 0. The number of benzene rings is 1. The zero-order valence-corrected chi connectivity index (χ0v) is 24.9. The van der Waals surface area contributed by atoms with Gasteiger partial charge in [-0.3, -0.25) is 9.48 Å². The lowest BCUT2D eigenvalue weighted by Crippen LogP contribution is -2.51. The van der Waals surface area contributed by atoms with Gasteiger partial charge in [-0.2, -0.15) is 5.10 Å². The molecule has 3 aliphatic carbocycles. The maximum atomic E-state index is 14.6. The molecule has 44 heavy (non-hydrogen) atoms. The van der Waals surface area contributed by atoms with Crippen molar-refractivity contribution in [2.45, 2.75) is 43.5 Å². The Labute approximate surface area is 252 Å². The van der Waals surface area contributed by atoms with Crippen LogP contribution in [0.15, 0.2) is 66.1 Å². The van der Waals surface area contributed by atoms with Crippen molar-refractivity contribution in [2.24, 2.45) is 24.8 Å². The van der Waals surface area contributed by atoms with Crippen LogP contribution < -0.4 is 5.32 Å². The number of halogens is 1. The van der Waals surface area contributed by atoms with Crippen LogP contribution in [-0.4, -0.2) is 54.2 Å². The van der Waals surface area contributed by atoms with Crippen LogP contribution in [0.3, 0.4) is 0 Å². The van der Waals surface area contributed by atoms with E-state index in [-0.39, 0.29) is 45.2 Å². The van der Waals surface area contributed by atoms with Gasteiger partial charge in [0.2, 0.25) is 0 Å². The van der Waals surface area contributed by atoms with E-state index in [4.69, 9.17) is 9.97 Å². The normalized spacial score (nSPS) is 21.5. The molecule has 4 aromatic heterocycles. The number of rotatable bonds is 7. The molecule has 2 atom stereocenters. The van der Waals surface area contributed by atoms with E-state index in [0.29, 0.717) is 17.1 Å². The molecule has 3 saturated carbocycles. The average molecular weight is 616 g/mol. The highest BCUT2D eigenvalue weighted by Crippen LogP contribution is 2.46. The second kappa shape index (κ2) is 10.5. The number of nitrogens with one attached hydrogen (secondary N) is 1. The molecule has 0 aliphatic heterocycles. The molecule has 3 aliphatic rings. The number of pyridine rings is 1. The van der Waals surface area contributed by atoms with Gasteiger partial charge in [0.05, 0.1) is 28.9 Å². The largest absolute Gasteiger partial charge is 0.481 e. The van der Waals surface area contributed by atoms with Crippen LogP contribution in [0.25, 0.3) is 33.7 Å². The van der Waals surface area contributed by atoms with E-state index in [1.807, 2.05) is 6.92 Å². The smallest absolute Gasteiger partial charge is 0.308 e. The lowest BCUT2D eigenvalue weighted by atomic mass is 9.61. The van der Waals surface area contributed by atoms with Crippen molar-refractivity contribution in [3.63, 3.8) is 0 Å². The Balaban J connectivity index is 1.39. The molecule has 0 saturated heterocycles. The Morgan fingerprint density at radius 2 is 1.75 bits per heavy atom. The number of aryl methyl sites for hydroxylation is 2. The maximum Gasteiger partial charge on any atom is 0.308 e. The molecule has 2 bridgehead atoms. The fraction of sp³-hybridized carbons (Fsp3) is 0.323. The van der Waals surface area contributed by atoms with Crippen molar-refractivity contribution in [3.05, 3.63) is 72.6 Å². The van der Waals surface area contributed by atoms with Crippen LogP contribution in [0.1, 0.15) is 31.2 Å². The molecule has 11 nitrogen and oxygen atoms in total. The third-order valence-corrected chi connectivity index (χ3v) is 10.6. The molecule has 4 heterocycles. The van der Waals surface area contributed by atoms with Gasteiger partial charge in [0.15, 0.2) is 11.5 Å². The summed E-state index contributed by atoms with van der Waals surface area (Å²) in [4.78, 5) is 26.1. The van der Waals surface area contributed by atoms with Gasteiger partial charge in [0, 0.05) is 48.1 Å². The molecule has 0 radical (unpaired) electrons. The van der Waals surface area contributed by atoms with Gasteiger partial charge in [-0.25, -0.2) is 31.7 Å². The zero-order chi connectivity index (χ0) is 30.7. The Morgan fingerprint density at radius 1 is 1.02 bits per heavy atom. The fourth-order valence-corrected chi connectivity index (χ4v) is 8.09. The van der Waals surface area contributed by atoms with Crippen LogP contribution in [0.2, 0.25) is 0 Å². The third kappa shape index (κ3) is 4.80. The van der Waals surface area contributed by atoms with Crippen molar-refractivity contribution < 1.29 is 22.7 Å². The molecule has 1 aromatic carbocycles. The summed E-state index contributed by atoms with van der Waals surface area (Å²) in [5.74, 6) is -1.23. The molecule has 2 unspecified atom stereocenters. The second-order valence-electron chi connectivity index (χ2n) is 11.8. The average Bonchev–Trinajstić information content (AvgIpc) is 3.61. The highest BCUT2D eigenvalue weighted by molar-refractivity contribution is 7.90. The minimum absolute atomic E-state index is 0.0300. The van der Waals surface area contributed by atoms with Crippen LogP contribution >= 0.6 is 0 Å². The molecule has 0 amide bonds. The molecular formula is C31H30FN7O4S. The minimum Gasteiger partial charge on any atom is -0.481 e. The molecule has 5 aromatic rings. The van der Waals surface area contributed by atoms with Crippen molar-refractivity contribution in [2.75, 3.05) is 5.32 Å². The van der Waals surface area contributed by atoms with E-state index >= 15 is 0 Å². The van der Waals surface area contributed by atoms with E-state index in [1.165, 1.54) is 24.4 Å².